The lowest BCUT2D eigenvalue weighted by molar-refractivity contribution is -0.149. The molecule has 4 amide bonds. The molecule has 2 aliphatic rings. The van der Waals surface area contributed by atoms with Gasteiger partial charge in [-0.15, -0.1) is 0 Å². The van der Waals surface area contributed by atoms with Crippen molar-refractivity contribution in [3.63, 3.8) is 0 Å². The van der Waals surface area contributed by atoms with Crippen molar-refractivity contribution in [3.8, 4) is 0 Å². The number of amides is 4. The Morgan fingerprint density at radius 1 is 1.29 bits per heavy atom. The van der Waals surface area contributed by atoms with Crippen LogP contribution in [0.15, 0.2) is 35.7 Å². The molecule has 0 aromatic carbocycles. The van der Waals surface area contributed by atoms with Crippen LogP contribution in [0.4, 0.5) is 4.39 Å². The highest BCUT2D eigenvalue weighted by atomic mass is 19.1. The van der Waals surface area contributed by atoms with Crippen LogP contribution in [0.2, 0.25) is 0 Å². The minimum absolute atomic E-state index is 0.0171. The standard InChI is InChI=1S/C14H13FN2O4/c1-3-8-9(6-7(2)15)14(21)17(13(8)20)10-4-5-11(18)16-12(10)19/h3,6,10H,2,4-5H2,1H3,(H,16,18,19)/b8-3+,9-6+. The van der Waals surface area contributed by atoms with E-state index in [4.69, 9.17) is 0 Å². The number of halogens is 1. The average Bonchev–Trinajstić information content (AvgIpc) is 2.61. The van der Waals surface area contributed by atoms with Crippen LogP contribution in [0.5, 0.6) is 0 Å². The van der Waals surface area contributed by atoms with E-state index in [9.17, 15) is 23.6 Å². The van der Waals surface area contributed by atoms with E-state index in [0.717, 1.165) is 11.0 Å². The lowest BCUT2D eigenvalue weighted by atomic mass is 10.0. The molecule has 1 atom stereocenters. The van der Waals surface area contributed by atoms with Gasteiger partial charge < -0.3 is 0 Å². The molecule has 0 aromatic rings. The predicted octanol–water partition coefficient (Wildman–Crippen LogP) is 0.516. The van der Waals surface area contributed by atoms with Crippen LogP contribution in [-0.4, -0.2) is 34.6 Å². The molecule has 0 saturated carbocycles. The Hall–Kier alpha value is -2.57. The lowest BCUT2D eigenvalue weighted by Gasteiger charge is -2.27. The summed E-state index contributed by atoms with van der Waals surface area (Å²) in [7, 11) is 0. The van der Waals surface area contributed by atoms with E-state index in [1.54, 1.807) is 0 Å². The van der Waals surface area contributed by atoms with Crippen LogP contribution in [0.25, 0.3) is 0 Å². The number of likely N-dealkylation sites (tertiary alicyclic amines) is 1. The van der Waals surface area contributed by atoms with Gasteiger partial charge >= 0.3 is 0 Å². The Bertz CT molecular complexity index is 633. The predicted molar refractivity (Wildman–Crippen MR) is 70.1 cm³/mol. The van der Waals surface area contributed by atoms with Crippen molar-refractivity contribution in [3.05, 3.63) is 35.7 Å². The van der Waals surface area contributed by atoms with Gasteiger partial charge in [0, 0.05) is 12.0 Å². The molecule has 2 aliphatic heterocycles. The number of hydrogen-bond donors (Lipinski definition) is 1. The second kappa shape index (κ2) is 5.43. The topological polar surface area (TPSA) is 83.6 Å². The number of allylic oxidation sites excluding steroid dienone is 3. The van der Waals surface area contributed by atoms with Gasteiger partial charge in [-0.1, -0.05) is 12.7 Å². The van der Waals surface area contributed by atoms with Gasteiger partial charge in [0.1, 0.15) is 11.9 Å². The first-order chi connectivity index (χ1) is 9.86. The summed E-state index contributed by atoms with van der Waals surface area (Å²) in [6.45, 7) is 4.56. The Morgan fingerprint density at radius 3 is 2.43 bits per heavy atom. The highest BCUT2D eigenvalue weighted by Crippen LogP contribution is 2.30. The van der Waals surface area contributed by atoms with Crippen molar-refractivity contribution in [1.82, 2.24) is 10.2 Å². The molecule has 0 spiro atoms. The van der Waals surface area contributed by atoms with Gasteiger partial charge in [0.2, 0.25) is 11.8 Å². The molecular weight excluding hydrogens is 279 g/mol. The summed E-state index contributed by atoms with van der Waals surface area (Å²) < 4.78 is 13.0. The highest BCUT2D eigenvalue weighted by molar-refractivity contribution is 6.26. The van der Waals surface area contributed by atoms with Crippen LogP contribution >= 0.6 is 0 Å². The third kappa shape index (κ3) is 2.54. The number of rotatable bonds is 2. The fraction of sp³-hybridized carbons (Fsp3) is 0.286. The number of piperidine rings is 1. The molecule has 0 aliphatic carbocycles. The molecule has 110 valence electrons. The van der Waals surface area contributed by atoms with Gasteiger partial charge in [0.25, 0.3) is 11.8 Å². The third-order valence-corrected chi connectivity index (χ3v) is 3.30. The van der Waals surface area contributed by atoms with Gasteiger partial charge in [-0.05, 0) is 19.4 Å². The zero-order valence-electron chi connectivity index (χ0n) is 11.3. The molecule has 0 bridgehead atoms. The number of carbonyl (C=O) groups excluding carboxylic acids is 4. The second-order valence-electron chi connectivity index (χ2n) is 4.65. The van der Waals surface area contributed by atoms with Gasteiger partial charge in [-0.25, -0.2) is 4.39 Å². The van der Waals surface area contributed by atoms with E-state index >= 15 is 0 Å². The number of imide groups is 2. The molecule has 0 aromatic heterocycles. The molecule has 21 heavy (non-hydrogen) atoms. The normalized spacial score (nSPS) is 26.8. The van der Waals surface area contributed by atoms with E-state index in [-0.39, 0.29) is 24.0 Å². The summed E-state index contributed by atoms with van der Waals surface area (Å²) in [4.78, 5) is 48.2. The van der Waals surface area contributed by atoms with Crippen LogP contribution in [-0.2, 0) is 19.2 Å². The molecule has 2 fully saturated rings. The summed E-state index contributed by atoms with van der Waals surface area (Å²) in [5.74, 6) is -3.46. The number of nitrogens with zero attached hydrogens (tertiary/aromatic N) is 1. The molecule has 1 N–H and O–H groups in total. The Balaban J connectivity index is 2.40. The molecule has 0 radical (unpaired) electrons. The van der Waals surface area contributed by atoms with Crippen LogP contribution < -0.4 is 5.32 Å². The first-order valence-corrected chi connectivity index (χ1v) is 6.31. The highest BCUT2D eigenvalue weighted by Gasteiger charge is 2.46. The SMILES string of the molecule is C=C(F)/C=C1/C(=O)N(C2CCC(=O)NC2=O)C(=O)/C1=C/C. The first-order valence-electron chi connectivity index (χ1n) is 6.31. The van der Waals surface area contributed by atoms with Crippen molar-refractivity contribution < 1.29 is 23.6 Å². The molecule has 2 heterocycles. The van der Waals surface area contributed by atoms with Gasteiger partial charge in [0.05, 0.1) is 5.57 Å². The van der Waals surface area contributed by atoms with Crippen molar-refractivity contribution in [2.45, 2.75) is 25.8 Å². The van der Waals surface area contributed by atoms with Crippen molar-refractivity contribution in [2.24, 2.45) is 0 Å². The first kappa shape index (κ1) is 14.8. The van der Waals surface area contributed by atoms with E-state index < -0.39 is 35.5 Å². The van der Waals surface area contributed by atoms with Gasteiger partial charge in [0.15, 0.2) is 0 Å². The molecule has 2 rings (SSSR count). The monoisotopic (exact) mass is 292 g/mol. The van der Waals surface area contributed by atoms with E-state index in [2.05, 4.69) is 11.9 Å². The third-order valence-electron chi connectivity index (χ3n) is 3.30. The minimum Gasteiger partial charge on any atom is -0.295 e. The minimum atomic E-state index is -1.06. The molecule has 7 heteroatoms. The summed E-state index contributed by atoms with van der Waals surface area (Å²) in [6, 6.07) is -1.06. The van der Waals surface area contributed by atoms with E-state index in [0.29, 0.717) is 0 Å². The second-order valence-corrected chi connectivity index (χ2v) is 4.65. The zero-order chi connectivity index (χ0) is 15.7. The summed E-state index contributed by atoms with van der Waals surface area (Å²) in [5.41, 5.74) is -0.122. The van der Waals surface area contributed by atoms with Crippen molar-refractivity contribution >= 4 is 23.6 Å². The Labute approximate surface area is 120 Å². The molecular formula is C14H13FN2O4. The largest absolute Gasteiger partial charge is 0.295 e. The van der Waals surface area contributed by atoms with Gasteiger partial charge in [-0.3, -0.25) is 29.4 Å². The number of carbonyl (C=O) groups is 4. The maximum Gasteiger partial charge on any atom is 0.262 e. The summed E-state index contributed by atoms with van der Waals surface area (Å²) in [5, 5.41) is 2.08. The number of hydrogen-bond acceptors (Lipinski definition) is 4. The number of nitrogens with one attached hydrogen (secondary N) is 1. The average molecular weight is 292 g/mol. The Kier molecular flexibility index (Phi) is 3.84. The lowest BCUT2D eigenvalue weighted by Crippen LogP contribution is -2.54. The molecule has 6 nitrogen and oxygen atoms in total. The quantitative estimate of drug-likeness (QED) is 0.594. The van der Waals surface area contributed by atoms with Crippen LogP contribution in [0, 0.1) is 0 Å². The van der Waals surface area contributed by atoms with Crippen molar-refractivity contribution in [2.75, 3.05) is 0 Å². The summed E-state index contributed by atoms with van der Waals surface area (Å²) >= 11 is 0. The van der Waals surface area contributed by atoms with Crippen LogP contribution in [0.1, 0.15) is 19.8 Å². The maximum absolute atomic E-state index is 13.0. The van der Waals surface area contributed by atoms with Crippen molar-refractivity contribution in [1.29, 1.82) is 0 Å². The van der Waals surface area contributed by atoms with Crippen LogP contribution in [0.3, 0.4) is 0 Å². The molecule has 2 saturated heterocycles. The van der Waals surface area contributed by atoms with Gasteiger partial charge in [-0.2, -0.15) is 0 Å². The fourth-order valence-corrected chi connectivity index (χ4v) is 2.37. The fourth-order valence-electron chi connectivity index (χ4n) is 2.37. The van der Waals surface area contributed by atoms with E-state index in [1.807, 2.05) is 0 Å². The zero-order valence-corrected chi connectivity index (χ0v) is 11.3. The Morgan fingerprint density at radius 2 is 1.90 bits per heavy atom. The molecule has 1 unspecified atom stereocenters. The smallest absolute Gasteiger partial charge is 0.262 e. The maximum atomic E-state index is 13.0. The van der Waals surface area contributed by atoms with E-state index in [1.165, 1.54) is 13.0 Å². The summed E-state index contributed by atoms with van der Waals surface area (Å²) in [6.07, 6.45) is 2.33.